The van der Waals surface area contributed by atoms with Crippen LogP contribution in [-0.4, -0.2) is 16.6 Å². The number of ether oxygens (including phenoxy) is 1. The molecule has 0 unspecified atom stereocenters. The van der Waals surface area contributed by atoms with Gasteiger partial charge in [0.05, 0.1) is 16.3 Å². The normalized spacial score (nSPS) is 11.9. The molecule has 0 N–H and O–H groups in total. The van der Waals surface area contributed by atoms with Crippen LogP contribution in [0.15, 0.2) is 60.1 Å². The lowest BCUT2D eigenvalue weighted by Crippen LogP contribution is -2.16. The van der Waals surface area contributed by atoms with Crippen molar-refractivity contribution in [3.8, 4) is 5.75 Å². The second-order valence-electron chi connectivity index (χ2n) is 6.00. The average molecular weight is 370 g/mol. The van der Waals surface area contributed by atoms with Crippen molar-refractivity contribution in [3.63, 3.8) is 0 Å². The molecule has 0 saturated heterocycles. The summed E-state index contributed by atoms with van der Waals surface area (Å²) in [6.45, 7) is 8.11. The molecule has 0 aliphatic carbocycles. The Hall–Kier alpha value is -2.73. The molecule has 26 heavy (non-hydrogen) atoms. The van der Waals surface area contributed by atoms with E-state index in [1.165, 1.54) is 23.5 Å². The number of amides is 1. The molecule has 0 fully saturated rings. The first-order valence-corrected chi connectivity index (χ1v) is 9.05. The van der Waals surface area contributed by atoms with Crippen LogP contribution in [0, 0.1) is 5.82 Å². The standard InChI is InChI=1S/C20H19FN2O2S/c1-4-11-23-17-10-7-15(21)12-18(17)26-20(23)22-19(24)14-5-8-16(9-6-14)25-13(2)3/h4-10,12-13H,1,11H2,2-3H3. The SMILES string of the molecule is C=CCn1c(=NC(=O)c2ccc(OC(C)C)cc2)sc2cc(F)ccc21. The van der Waals surface area contributed by atoms with Crippen molar-refractivity contribution < 1.29 is 13.9 Å². The number of carbonyl (C=O) groups is 1. The lowest BCUT2D eigenvalue weighted by molar-refractivity contribution is 0.0998. The van der Waals surface area contributed by atoms with Crippen molar-refractivity contribution in [1.82, 2.24) is 4.57 Å². The van der Waals surface area contributed by atoms with Gasteiger partial charge in [-0.2, -0.15) is 4.99 Å². The van der Waals surface area contributed by atoms with Gasteiger partial charge < -0.3 is 9.30 Å². The third-order valence-electron chi connectivity index (χ3n) is 3.63. The summed E-state index contributed by atoms with van der Waals surface area (Å²) >= 11 is 1.28. The Labute approximate surface area is 154 Å². The quantitative estimate of drug-likeness (QED) is 0.618. The molecule has 4 nitrogen and oxygen atoms in total. The fourth-order valence-corrected chi connectivity index (χ4v) is 3.60. The number of halogens is 1. The summed E-state index contributed by atoms with van der Waals surface area (Å²) in [6, 6.07) is 11.4. The maximum atomic E-state index is 13.5. The third-order valence-corrected chi connectivity index (χ3v) is 4.67. The molecule has 0 atom stereocenters. The highest BCUT2D eigenvalue weighted by atomic mass is 32.1. The van der Waals surface area contributed by atoms with E-state index in [0.29, 0.717) is 22.7 Å². The Kier molecular flexibility index (Phi) is 5.32. The molecule has 2 aromatic carbocycles. The van der Waals surface area contributed by atoms with Gasteiger partial charge in [-0.25, -0.2) is 4.39 Å². The van der Waals surface area contributed by atoms with E-state index in [4.69, 9.17) is 4.74 Å². The van der Waals surface area contributed by atoms with Crippen LogP contribution >= 0.6 is 11.3 Å². The Morgan fingerprint density at radius 3 is 2.69 bits per heavy atom. The highest BCUT2D eigenvalue weighted by molar-refractivity contribution is 7.16. The molecule has 0 spiro atoms. The minimum atomic E-state index is -0.356. The molecule has 0 bridgehead atoms. The van der Waals surface area contributed by atoms with E-state index < -0.39 is 0 Å². The van der Waals surface area contributed by atoms with Crippen molar-refractivity contribution in [2.24, 2.45) is 4.99 Å². The molecule has 0 radical (unpaired) electrons. The van der Waals surface area contributed by atoms with Crippen LogP contribution < -0.4 is 9.54 Å². The van der Waals surface area contributed by atoms with Crippen molar-refractivity contribution in [3.05, 3.63) is 71.3 Å². The molecule has 3 aromatic rings. The van der Waals surface area contributed by atoms with Gasteiger partial charge in [-0.15, -0.1) is 6.58 Å². The van der Waals surface area contributed by atoms with Crippen LogP contribution in [-0.2, 0) is 6.54 Å². The largest absolute Gasteiger partial charge is 0.491 e. The Morgan fingerprint density at radius 2 is 2.04 bits per heavy atom. The number of thiazole rings is 1. The fraction of sp³-hybridized carbons (Fsp3) is 0.200. The molecular weight excluding hydrogens is 351 g/mol. The van der Waals surface area contributed by atoms with Gasteiger partial charge >= 0.3 is 0 Å². The number of allylic oxidation sites excluding steroid dienone is 1. The van der Waals surface area contributed by atoms with E-state index in [9.17, 15) is 9.18 Å². The number of aromatic nitrogens is 1. The predicted octanol–water partition coefficient (Wildman–Crippen LogP) is 4.56. The zero-order valence-corrected chi connectivity index (χ0v) is 15.4. The topological polar surface area (TPSA) is 43.6 Å². The van der Waals surface area contributed by atoms with Crippen LogP contribution in [0.4, 0.5) is 4.39 Å². The second kappa shape index (κ2) is 7.66. The zero-order valence-electron chi connectivity index (χ0n) is 14.6. The number of carbonyl (C=O) groups excluding carboxylic acids is 1. The average Bonchev–Trinajstić information content (AvgIpc) is 2.91. The maximum absolute atomic E-state index is 13.5. The van der Waals surface area contributed by atoms with E-state index in [-0.39, 0.29) is 17.8 Å². The first-order chi connectivity index (χ1) is 12.5. The zero-order chi connectivity index (χ0) is 18.7. The molecule has 0 aliphatic rings. The van der Waals surface area contributed by atoms with E-state index in [0.717, 1.165) is 10.2 Å². The lowest BCUT2D eigenvalue weighted by Gasteiger charge is -2.09. The van der Waals surface area contributed by atoms with Gasteiger partial charge in [0.15, 0.2) is 4.80 Å². The number of benzene rings is 2. The van der Waals surface area contributed by atoms with Gasteiger partial charge in [-0.3, -0.25) is 4.79 Å². The van der Waals surface area contributed by atoms with Crippen molar-refractivity contribution in [2.75, 3.05) is 0 Å². The summed E-state index contributed by atoms with van der Waals surface area (Å²) < 4.78 is 21.6. The summed E-state index contributed by atoms with van der Waals surface area (Å²) in [4.78, 5) is 17.3. The molecule has 1 heterocycles. The minimum Gasteiger partial charge on any atom is -0.491 e. The van der Waals surface area contributed by atoms with Crippen molar-refractivity contribution in [2.45, 2.75) is 26.5 Å². The molecule has 0 aliphatic heterocycles. The minimum absolute atomic E-state index is 0.0676. The smallest absolute Gasteiger partial charge is 0.279 e. The number of nitrogens with zero attached hydrogens (tertiary/aromatic N) is 2. The summed E-state index contributed by atoms with van der Waals surface area (Å²) in [6.07, 6.45) is 1.79. The third kappa shape index (κ3) is 3.91. The summed E-state index contributed by atoms with van der Waals surface area (Å²) in [5, 5.41) is 0. The van der Waals surface area contributed by atoms with Gasteiger partial charge in [-0.05, 0) is 56.3 Å². The van der Waals surface area contributed by atoms with E-state index in [1.807, 2.05) is 18.4 Å². The molecule has 134 valence electrons. The maximum Gasteiger partial charge on any atom is 0.279 e. The number of hydrogen-bond acceptors (Lipinski definition) is 3. The van der Waals surface area contributed by atoms with Gasteiger partial charge in [0.25, 0.3) is 5.91 Å². The van der Waals surface area contributed by atoms with Crippen LogP contribution in [0.1, 0.15) is 24.2 Å². The Bertz CT molecular complexity index is 1020. The van der Waals surface area contributed by atoms with Crippen LogP contribution in [0.3, 0.4) is 0 Å². The number of fused-ring (bicyclic) bond motifs is 1. The second-order valence-corrected chi connectivity index (χ2v) is 7.01. The van der Waals surface area contributed by atoms with Crippen LogP contribution in [0.5, 0.6) is 5.75 Å². The number of hydrogen-bond donors (Lipinski definition) is 0. The highest BCUT2D eigenvalue weighted by Gasteiger charge is 2.10. The Balaban J connectivity index is 1.99. The van der Waals surface area contributed by atoms with E-state index in [2.05, 4.69) is 11.6 Å². The van der Waals surface area contributed by atoms with E-state index in [1.54, 1.807) is 36.4 Å². The summed E-state index contributed by atoms with van der Waals surface area (Å²) in [5.41, 5.74) is 1.29. The van der Waals surface area contributed by atoms with E-state index >= 15 is 0 Å². The Morgan fingerprint density at radius 1 is 1.31 bits per heavy atom. The summed E-state index contributed by atoms with van der Waals surface area (Å²) in [5.74, 6) is 0.0321. The first-order valence-electron chi connectivity index (χ1n) is 8.23. The molecule has 0 saturated carbocycles. The fourth-order valence-electron chi connectivity index (χ4n) is 2.54. The summed E-state index contributed by atoms with van der Waals surface area (Å²) in [7, 11) is 0. The molecular formula is C20H19FN2O2S. The monoisotopic (exact) mass is 370 g/mol. The first kappa shape index (κ1) is 18.1. The van der Waals surface area contributed by atoms with Crippen molar-refractivity contribution >= 4 is 27.5 Å². The predicted molar refractivity (Wildman–Crippen MR) is 102 cm³/mol. The van der Waals surface area contributed by atoms with Gasteiger partial charge in [0.2, 0.25) is 0 Å². The lowest BCUT2D eigenvalue weighted by atomic mass is 10.2. The highest BCUT2D eigenvalue weighted by Crippen LogP contribution is 2.19. The molecule has 1 aromatic heterocycles. The molecule has 6 heteroatoms. The van der Waals surface area contributed by atoms with Crippen molar-refractivity contribution in [1.29, 1.82) is 0 Å². The van der Waals surface area contributed by atoms with Crippen LogP contribution in [0.2, 0.25) is 0 Å². The van der Waals surface area contributed by atoms with Gasteiger partial charge in [0.1, 0.15) is 11.6 Å². The van der Waals surface area contributed by atoms with Gasteiger partial charge in [-0.1, -0.05) is 17.4 Å². The van der Waals surface area contributed by atoms with Crippen LogP contribution in [0.25, 0.3) is 10.2 Å². The van der Waals surface area contributed by atoms with Gasteiger partial charge in [0, 0.05) is 12.1 Å². The number of rotatable bonds is 5. The molecule has 1 amide bonds. The molecule has 3 rings (SSSR count).